The number of hydrogen-bond donors (Lipinski definition) is 1. The number of rotatable bonds is 7. The molecule has 0 saturated heterocycles. The molecule has 1 atom stereocenters. The number of nitriles is 1. The number of thiophene rings is 1. The van der Waals surface area contributed by atoms with E-state index in [4.69, 9.17) is 16.9 Å². The van der Waals surface area contributed by atoms with Crippen LogP contribution in [-0.4, -0.2) is 6.54 Å². The Hall–Kier alpha value is -0.560. The minimum Gasteiger partial charge on any atom is -0.309 e. The summed E-state index contributed by atoms with van der Waals surface area (Å²) in [5, 5.41) is 12.4. The Morgan fingerprint density at radius 2 is 2.17 bits per heavy atom. The highest BCUT2D eigenvalue weighted by Gasteiger charge is 2.15. The first-order chi connectivity index (χ1) is 8.44. The lowest BCUT2D eigenvalue weighted by Crippen LogP contribution is -2.19. The number of hydrogen-bond acceptors (Lipinski definition) is 3. The Morgan fingerprint density at radius 3 is 2.72 bits per heavy atom. The summed E-state index contributed by atoms with van der Waals surface area (Å²) in [5.41, 5.74) is -0.188. The first-order valence-electron chi connectivity index (χ1n) is 6.34. The Morgan fingerprint density at radius 1 is 1.44 bits per heavy atom. The van der Waals surface area contributed by atoms with Crippen LogP contribution in [0.15, 0.2) is 12.1 Å². The van der Waals surface area contributed by atoms with E-state index in [2.05, 4.69) is 24.4 Å². The topological polar surface area (TPSA) is 35.8 Å². The van der Waals surface area contributed by atoms with Crippen LogP contribution in [0.25, 0.3) is 0 Å². The standard InChI is InChI=1S/C14H21ClN2S/c1-11(12-6-7-13(15)18-12)17-9-5-4-8-14(2,3)10-16/h6-7,11,17H,4-5,8-9H2,1-3H3. The van der Waals surface area contributed by atoms with E-state index in [1.165, 1.54) is 4.88 Å². The molecule has 0 amide bonds. The summed E-state index contributed by atoms with van der Waals surface area (Å²) in [6.45, 7) is 7.13. The SMILES string of the molecule is CC(NCCCCC(C)(C)C#N)c1ccc(Cl)s1. The number of unbranched alkanes of at least 4 members (excludes halogenated alkanes) is 1. The van der Waals surface area contributed by atoms with Crippen LogP contribution in [0.1, 0.15) is 51.0 Å². The van der Waals surface area contributed by atoms with Crippen molar-refractivity contribution in [1.29, 1.82) is 5.26 Å². The summed E-state index contributed by atoms with van der Waals surface area (Å²) in [6, 6.07) is 6.70. The van der Waals surface area contributed by atoms with Crippen LogP contribution in [0.3, 0.4) is 0 Å². The van der Waals surface area contributed by atoms with Crippen molar-refractivity contribution in [2.45, 2.75) is 46.1 Å². The van der Waals surface area contributed by atoms with Gasteiger partial charge in [-0.2, -0.15) is 5.26 Å². The molecule has 2 nitrogen and oxygen atoms in total. The molecule has 1 N–H and O–H groups in total. The quantitative estimate of drug-likeness (QED) is 0.732. The van der Waals surface area contributed by atoms with E-state index in [0.717, 1.165) is 30.1 Å². The number of nitrogens with one attached hydrogen (secondary N) is 1. The lowest BCUT2D eigenvalue weighted by Gasteiger charge is -2.15. The molecule has 0 saturated carbocycles. The fourth-order valence-corrected chi connectivity index (χ4v) is 2.82. The van der Waals surface area contributed by atoms with Gasteiger partial charge in [-0.1, -0.05) is 18.0 Å². The molecule has 1 aromatic rings. The molecule has 0 aliphatic carbocycles. The second kappa shape index (κ2) is 7.13. The molecule has 0 bridgehead atoms. The molecule has 0 spiro atoms. The third-order valence-electron chi connectivity index (χ3n) is 3.00. The lowest BCUT2D eigenvalue weighted by molar-refractivity contribution is 0.418. The van der Waals surface area contributed by atoms with Crippen LogP contribution in [0.5, 0.6) is 0 Å². The average molecular weight is 285 g/mol. The number of nitrogens with zero attached hydrogens (tertiary/aromatic N) is 1. The van der Waals surface area contributed by atoms with E-state index in [1.54, 1.807) is 11.3 Å². The van der Waals surface area contributed by atoms with Crippen LogP contribution >= 0.6 is 22.9 Å². The normalized spacial score (nSPS) is 13.3. The predicted molar refractivity (Wildman–Crippen MR) is 79.0 cm³/mol. The molecule has 4 heteroatoms. The van der Waals surface area contributed by atoms with Gasteiger partial charge in [0.1, 0.15) is 0 Å². The zero-order valence-corrected chi connectivity index (χ0v) is 12.9. The van der Waals surface area contributed by atoms with Gasteiger partial charge in [-0.3, -0.25) is 0 Å². The van der Waals surface area contributed by atoms with Crippen LogP contribution in [-0.2, 0) is 0 Å². The fourth-order valence-electron chi connectivity index (χ4n) is 1.73. The summed E-state index contributed by atoms with van der Waals surface area (Å²) >= 11 is 7.54. The maximum Gasteiger partial charge on any atom is 0.0931 e. The second-order valence-corrected chi connectivity index (χ2v) is 7.02. The summed E-state index contributed by atoms with van der Waals surface area (Å²) in [6.07, 6.45) is 3.16. The van der Waals surface area contributed by atoms with Gasteiger partial charge in [0.25, 0.3) is 0 Å². The molecule has 1 aromatic heterocycles. The zero-order chi connectivity index (χ0) is 13.6. The van der Waals surface area contributed by atoms with E-state index in [9.17, 15) is 0 Å². The molecule has 1 heterocycles. The van der Waals surface area contributed by atoms with Crippen molar-refractivity contribution in [3.05, 3.63) is 21.3 Å². The minimum absolute atomic E-state index is 0.188. The zero-order valence-electron chi connectivity index (χ0n) is 11.3. The van der Waals surface area contributed by atoms with E-state index in [-0.39, 0.29) is 5.41 Å². The fraction of sp³-hybridized carbons (Fsp3) is 0.643. The predicted octanol–water partition coefficient (Wildman–Crippen LogP) is 4.77. The Bertz CT molecular complexity index is 406. The van der Waals surface area contributed by atoms with Crippen molar-refractivity contribution in [3.63, 3.8) is 0 Å². The highest BCUT2D eigenvalue weighted by atomic mass is 35.5. The van der Waals surface area contributed by atoms with Crippen molar-refractivity contribution in [3.8, 4) is 6.07 Å². The largest absolute Gasteiger partial charge is 0.309 e. The highest BCUT2D eigenvalue weighted by molar-refractivity contribution is 7.16. The summed E-state index contributed by atoms with van der Waals surface area (Å²) < 4.78 is 0.842. The van der Waals surface area contributed by atoms with E-state index in [1.807, 2.05) is 19.9 Å². The highest BCUT2D eigenvalue weighted by Crippen LogP contribution is 2.26. The minimum atomic E-state index is -0.188. The first-order valence-corrected chi connectivity index (χ1v) is 7.54. The molecule has 1 rings (SSSR count). The van der Waals surface area contributed by atoms with Crippen molar-refractivity contribution in [1.82, 2.24) is 5.32 Å². The molecule has 100 valence electrons. The Labute approximate surface area is 119 Å². The molecule has 0 radical (unpaired) electrons. The van der Waals surface area contributed by atoms with Crippen molar-refractivity contribution >= 4 is 22.9 Å². The Balaban J connectivity index is 2.17. The average Bonchev–Trinajstić information content (AvgIpc) is 2.75. The van der Waals surface area contributed by atoms with Gasteiger partial charge in [-0.05, 0) is 52.3 Å². The van der Waals surface area contributed by atoms with Gasteiger partial charge >= 0.3 is 0 Å². The maximum atomic E-state index is 8.91. The van der Waals surface area contributed by atoms with Crippen LogP contribution < -0.4 is 5.32 Å². The summed E-state index contributed by atoms with van der Waals surface area (Å²) in [4.78, 5) is 1.28. The third-order valence-corrected chi connectivity index (χ3v) is 4.42. The van der Waals surface area contributed by atoms with Gasteiger partial charge < -0.3 is 5.32 Å². The van der Waals surface area contributed by atoms with Crippen LogP contribution in [0, 0.1) is 16.7 Å². The van der Waals surface area contributed by atoms with Gasteiger partial charge in [-0.15, -0.1) is 11.3 Å². The van der Waals surface area contributed by atoms with E-state index < -0.39 is 0 Å². The van der Waals surface area contributed by atoms with E-state index in [0.29, 0.717) is 6.04 Å². The summed E-state index contributed by atoms with van der Waals surface area (Å²) in [5.74, 6) is 0. The third kappa shape index (κ3) is 5.39. The monoisotopic (exact) mass is 284 g/mol. The van der Waals surface area contributed by atoms with Gasteiger partial charge in [0, 0.05) is 10.9 Å². The van der Waals surface area contributed by atoms with Gasteiger partial charge in [0.2, 0.25) is 0 Å². The maximum absolute atomic E-state index is 8.91. The first kappa shape index (κ1) is 15.5. The molecular weight excluding hydrogens is 264 g/mol. The molecule has 0 aliphatic heterocycles. The molecule has 18 heavy (non-hydrogen) atoms. The lowest BCUT2D eigenvalue weighted by atomic mass is 9.89. The van der Waals surface area contributed by atoms with Crippen LogP contribution in [0.2, 0.25) is 4.34 Å². The van der Waals surface area contributed by atoms with Gasteiger partial charge in [0.15, 0.2) is 0 Å². The van der Waals surface area contributed by atoms with Gasteiger partial charge in [0.05, 0.1) is 15.8 Å². The Kier molecular flexibility index (Phi) is 6.14. The second-order valence-electron chi connectivity index (χ2n) is 5.27. The van der Waals surface area contributed by atoms with E-state index >= 15 is 0 Å². The smallest absolute Gasteiger partial charge is 0.0931 e. The molecule has 1 unspecified atom stereocenters. The van der Waals surface area contributed by atoms with Gasteiger partial charge in [-0.25, -0.2) is 0 Å². The van der Waals surface area contributed by atoms with Crippen LogP contribution in [0.4, 0.5) is 0 Å². The number of halogens is 1. The molecule has 0 aliphatic rings. The van der Waals surface area contributed by atoms with Crippen molar-refractivity contribution in [2.75, 3.05) is 6.54 Å². The van der Waals surface area contributed by atoms with Crippen molar-refractivity contribution < 1.29 is 0 Å². The molecule has 0 aromatic carbocycles. The van der Waals surface area contributed by atoms with Crippen molar-refractivity contribution in [2.24, 2.45) is 5.41 Å². The molecule has 0 fully saturated rings. The molecular formula is C14H21ClN2S. The summed E-state index contributed by atoms with van der Waals surface area (Å²) in [7, 11) is 0.